The summed E-state index contributed by atoms with van der Waals surface area (Å²) in [7, 11) is 0. The van der Waals surface area contributed by atoms with E-state index in [2.05, 4.69) is 4.90 Å². The van der Waals surface area contributed by atoms with Gasteiger partial charge >= 0.3 is 0 Å². The van der Waals surface area contributed by atoms with E-state index < -0.39 is 4.92 Å². The lowest BCUT2D eigenvalue weighted by molar-refractivity contribution is -0.384. The molecule has 0 radical (unpaired) electrons. The van der Waals surface area contributed by atoms with E-state index in [4.69, 9.17) is 5.26 Å². The second-order valence-corrected chi connectivity index (χ2v) is 5.57. The molecule has 2 aromatic rings. The van der Waals surface area contributed by atoms with Gasteiger partial charge in [0, 0.05) is 44.0 Å². The van der Waals surface area contributed by atoms with Crippen molar-refractivity contribution in [2.75, 3.05) is 36.0 Å². The number of piperazine rings is 1. The van der Waals surface area contributed by atoms with Crippen LogP contribution in [0.15, 0.2) is 42.5 Å². The number of nitro benzene ring substituents is 1. The number of nitriles is 1. The van der Waals surface area contributed by atoms with Crippen LogP contribution in [0, 0.1) is 21.4 Å². The molecule has 1 saturated heterocycles. The first-order chi connectivity index (χ1) is 11.6. The molecular formula is C17H16N4O3. The SMILES string of the molecule is N#Cc1ccc([N+](=O)[O-])c(N2CCN(c3cccc(O)c3)CC2)c1. The van der Waals surface area contributed by atoms with Crippen LogP contribution < -0.4 is 9.80 Å². The Bertz CT molecular complexity index is 808. The van der Waals surface area contributed by atoms with Gasteiger partial charge in [-0.2, -0.15) is 5.26 Å². The van der Waals surface area contributed by atoms with Crippen molar-refractivity contribution in [1.29, 1.82) is 5.26 Å². The predicted octanol–water partition coefficient (Wildman–Crippen LogP) is 2.50. The van der Waals surface area contributed by atoms with E-state index >= 15 is 0 Å². The van der Waals surface area contributed by atoms with E-state index in [1.165, 1.54) is 12.1 Å². The van der Waals surface area contributed by atoms with Crippen molar-refractivity contribution in [2.24, 2.45) is 0 Å². The Morgan fingerprint density at radius 2 is 1.79 bits per heavy atom. The van der Waals surface area contributed by atoms with Gasteiger partial charge in [0.1, 0.15) is 11.4 Å². The van der Waals surface area contributed by atoms with Crippen LogP contribution in [0.1, 0.15) is 5.56 Å². The zero-order valence-corrected chi connectivity index (χ0v) is 12.9. The van der Waals surface area contributed by atoms with Gasteiger partial charge < -0.3 is 14.9 Å². The lowest BCUT2D eigenvalue weighted by atomic mass is 10.1. The Morgan fingerprint density at radius 3 is 2.42 bits per heavy atom. The number of hydrogen-bond donors (Lipinski definition) is 1. The van der Waals surface area contributed by atoms with Crippen molar-refractivity contribution in [3.05, 3.63) is 58.1 Å². The number of phenols is 1. The van der Waals surface area contributed by atoms with E-state index in [0.29, 0.717) is 37.4 Å². The van der Waals surface area contributed by atoms with Crippen LogP contribution in [0.25, 0.3) is 0 Å². The number of nitro groups is 1. The molecular weight excluding hydrogens is 308 g/mol. The zero-order chi connectivity index (χ0) is 17.1. The number of aromatic hydroxyl groups is 1. The quantitative estimate of drug-likeness (QED) is 0.688. The third-order valence-electron chi connectivity index (χ3n) is 4.12. The van der Waals surface area contributed by atoms with Gasteiger partial charge in [-0.3, -0.25) is 10.1 Å². The third kappa shape index (κ3) is 3.08. The molecule has 0 aliphatic carbocycles. The second-order valence-electron chi connectivity index (χ2n) is 5.57. The van der Waals surface area contributed by atoms with Crippen LogP contribution in [0.2, 0.25) is 0 Å². The van der Waals surface area contributed by atoms with Crippen molar-refractivity contribution in [3.63, 3.8) is 0 Å². The van der Waals surface area contributed by atoms with E-state index in [0.717, 1.165) is 5.69 Å². The Hall–Kier alpha value is -3.27. The highest BCUT2D eigenvalue weighted by molar-refractivity contribution is 5.67. The lowest BCUT2D eigenvalue weighted by Gasteiger charge is -2.37. The van der Waals surface area contributed by atoms with Crippen LogP contribution in [-0.4, -0.2) is 36.2 Å². The first kappa shape index (κ1) is 15.6. The van der Waals surface area contributed by atoms with E-state index in [1.807, 2.05) is 17.0 Å². The fraction of sp³-hybridized carbons (Fsp3) is 0.235. The fourth-order valence-electron chi connectivity index (χ4n) is 2.90. The highest BCUT2D eigenvalue weighted by Crippen LogP contribution is 2.31. The maximum Gasteiger partial charge on any atom is 0.292 e. The number of benzene rings is 2. The fourth-order valence-corrected chi connectivity index (χ4v) is 2.90. The first-order valence-corrected chi connectivity index (χ1v) is 7.56. The molecule has 1 heterocycles. The van der Waals surface area contributed by atoms with Gasteiger partial charge in [0.15, 0.2) is 0 Å². The largest absolute Gasteiger partial charge is 0.508 e. The molecule has 1 fully saturated rings. The van der Waals surface area contributed by atoms with Gasteiger partial charge in [-0.1, -0.05) is 6.07 Å². The Morgan fingerprint density at radius 1 is 1.08 bits per heavy atom. The summed E-state index contributed by atoms with van der Waals surface area (Å²) < 4.78 is 0. The second kappa shape index (κ2) is 6.46. The van der Waals surface area contributed by atoms with Crippen LogP contribution in [0.4, 0.5) is 17.1 Å². The molecule has 0 spiro atoms. The number of rotatable bonds is 3. The predicted molar refractivity (Wildman–Crippen MR) is 90.3 cm³/mol. The summed E-state index contributed by atoms with van der Waals surface area (Å²) in [6, 6.07) is 13.5. The molecule has 122 valence electrons. The highest BCUT2D eigenvalue weighted by atomic mass is 16.6. The molecule has 7 heteroatoms. The summed E-state index contributed by atoms with van der Waals surface area (Å²) >= 11 is 0. The number of anilines is 2. The molecule has 1 aliphatic heterocycles. The Labute approximate surface area is 139 Å². The topological polar surface area (TPSA) is 93.6 Å². The average Bonchev–Trinajstić information content (AvgIpc) is 2.61. The number of nitrogens with zero attached hydrogens (tertiary/aromatic N) is 4. The summed E-state index contributed by atoms with van der Waals surface area (Å²) in [5.41, 5.74) is 1.83. The van der Waals surface area contributed by atoms with Gasteiger partial charge in [-0.05, 0) is 24.3 Å². The molecule has 0 aromatic heterocycles. The maximum atomic E-state index is 11.2. The smallest absolute Gasteiger partial charge is 0.292 e. The molecule has 7 nitrogen and oxygen atoms in total. The molecule has 0 unspecified atom stereocenters. The van der Waals surface area contributed by atoms with E-state index in [-0.39, 0.29) is 11.4 Å². The van der Waals surface area contributed by atoms with Gasteiger partial charge in [-0.25, -0.2) is 0 Å². The summed E-state index contributed by atoms with van der Waals surface area (Å²) in [5.74, 6) is 0.215. The normalized spacial score (nSPS) is 14.3. The van der Waals surface area contributed by atoms with Gasteiger partial charge in [-0.15, -0.1) is 0 Å². The van der Waals surface area contributed by atoms with Crippen LogP contribution in [0.3, 0.4) is 0 Å². The summed E-state index contributed by atoms with van der Waals surface area (Å²) in [6.45, 7) is 2.56. The van der Waals surface area contributed by atoms with Crippen molar-refractivity contribution < 1.29 is 10.0 Å². The minimum atomic E-state index is -0.419. The Balaban J connectivity index is 1.80. The zero-order valence-electron chi connectivity index (χ0n) is 12.9. The highest BCUT2D eigenvalue weighted by Gasteiger charge is 2.24. The lowest BCUT2D eigenvalue weighted by Crippen LogP contribution is -2.46. The molecule has 0 bridgehead atoms. The van der Waals surface area contributed by atoms with Crippen molar-refractivity contribution in [1.82, 2.24) is 0 Å². The summed E-state index contributed by atoms with van der Waals surface area (Å²) in [5, 5.41) is 29.9. The summed E-state index contributed by atoms with van der Waals surface area (Å²) in [4.78, 5) is 14.9. The van der Waals surface area contributed by atoms with Crippen LogP contribution in [-0.2, 0) is 0 Å². The van der Waals surface area contributed by atoms with Crippen LogP contribution >= 0.6 is 0 Å². The average molecular weight is 324 g/mol. The molecule has 1 aliphatic rings. The summed E-state index contributed by atoms with van der Waals surface area (Å²) in [6.07, 6.45) is 0. The molecule has 0 saturated carbocycles. The van der Waals surface area contributed by atoms with E-state index in [9.17, 15) is 15.2 Å². The van der Waals surface area contributed by atoms with Crippen molar-refractivity contribution >= 4 is 17.1 Å². The monoisotopic (exact) mass is 324 g/mol. The van der Waals surface area contributed by atoms with Gasteiger partial charge in [0.05, 0.1) is 16.6 Å². The molecule has 0 amide bonds. The number of phenolic OH excluding ortho intramolecular Hbond substituents is 1. The molecule has 1 N–H and O–H groups in total. The van der Waals surface area contributed by atoms with Crippen molar-refractivity contribution in [2.45, 2.75) is 0 Å². The first-order valence-electron chi connectivity index (χ1n) is 7.56. The minimum absolute atomic E-state index is 0.0137. The molecule has 3 rings (SSSR count). The minimum Gasteiger partial charge on any atom is -0.508 e. The van der Waals surface area contributed by atoms with E-state index in [1.54, 1.807) is 24.3 Å². The van der Waals surface area contributed by atoms with Gasteiger partial charge in [0.25, 0.3) is 5.69 Å². The van der Waals surface area contributed by atoms with Crippen molar-refractivity contribution in [3.8, 4) is 11.8 Å². The molecule has 0 atom stereocenters. The Kier molecular flexibility index (Phi) is 4.20. The maximum absolute atomic E-state index is 11.2. The van der Waals surface area contributed by atoms with Gasteiger partial charge in [0.2, 0.25) is 0 Å². The molecule has 2 aromatic carbocycles. The van der Waals surface area contributed by atoms with Crippen LogP contribution in [0.5, 0.6) is 5.75 Å². The molecule has 24 heavy (non-hydrogen) atoms. The standard InChI is InChI=1S/C17H16N4O3/c18-12-13-4-5-16(21(23)24)17(10-13)20-8-6-19(7-9-20)14-2-1-3-15(22)11-14/h1-5,10-11,22H,6-9H2. The number of hydrogen-bond acceptors (Lipinski definition) is 6. The third-order valence-corrected chi connectivity index (χ3v) is 4.12.